The second-order valence-electron chi connectivity index (χ2n) is 11.4. The van der Waals surface area contributed by atoms with E-state index in [1.165, 1.54) is 64.5 Å². The van der Waals surface area contributed by atoms with E-state index in [0.717, 1.165) is 0 Å². The van der Waals surface area contributed by atoms with Crippen molar-refractivity contribution in [3.8, 4) is 11.1 Å². The van der Waals surface area contributed by atoms with Crippen molar-refractivity contribution in [1.29, 1.82) is 0 Å². The second kappa shape index (κ2) is 14.3. The fourth-order valence-electron chi connectivity index (χ4n) is 6.58. The summed E-state index contributed by atoms with van der Waals surface area (Å²) < 4.78 is 0. The van der Waals surface area contributed by atoms with Crippen LogP contribution in [-0.4, -0.2) is 0 Å². The molecule has 0 heterocycles. The molecule has 0 saturated heterocycles. The van der Waals surface area contributed by atoms with E-state index in [9.17, 15) is 0 Å². The van der Waals surface area contributed by atoms with Crippen LogP contribution in [0.25, 0.3) is 32.7 Å². The van der Waals surface area contributed by atoms with Crippen molar-refractivity contribution < 1.29 is 19.5 Å². The Morgan fingerprint density at radius 3 is 0.851 bits per heavy atom. The molecule has 225 valence electrons. The van der Waals surface area contributed by atoms with Crippen LogP contribution in [-0.2, 0) is 19.5 Å². The first kappa shape index (κ1) is 31.4. The predicted molar refractivity (Wildman–Crippen MR) is 204 cm³/mol. The SMILES string of the molecule is [Ru+].c1ccc(P(c2ccccc2)c2ccc3ccccc3c2-c2c(P(c3ccccc3)c3ccccc3)ccc3ccccc23)cc1. The molecule has 0 atom stereocenters. The van der Waals surface area contributed by atoms with Gasteiger partial charge in [0, 0.05) is 0 Å². The molecule has 0 aromatic heterocycles. The molecule has 3 heteroatoms. The fourth-order valence-corrected chi connectivity index (χ4v) is 11.5. The van der Waals surface area contributed by atoms with Gasteiger partial charge >= 0.3 is 19.5 Å². The van der Waals surface area contributed by atoms with Gasteiger partial charge in [0.05, 0.1) is 0 Å². The Labute approximate surface area is 292 Å². The van der Waals surface area contributed by atoms with Crippen molar-refractivity contribution in [2.75, 3.05) is 0 Å². The third kappa shape index (κ3) is 6.13. The molecule has 0 aliphatic carbocycles. The fraction of sp³-hybridized carbons (Fsp3) is 0. The van der Waals surface area contributed by atoms with Crippen LogP contribution in [0.2, 0.25) is 0 Å². The van der Waals surface area contributed by atoms with Crippen LogP contribution in [0.15, 0.2) is 194 Å². The summed E-state index contributed by atoms with van der Waals surface area (Å²) in [4.78, 5) is 0. The smallest absolute Gasteiger partial charge is 0.0622 e. The minimum atomic E-state index is -0.852. The van der Waals surface area contributed by atoms with E-state index in [1.807, 2.05) is 0 Å². The molecule has 0 bridgehead atoms. The molecule has 0 nitrogen and oxygen atoms in total. The first-order valence-corrected chi connectivity index (χ1v) is 18.4. The summed E-state index contributed by atoms with van der Waals surface area (Å²) >= 11 is 0. The topological polar surface area (TPSA) is 0 Å². The molecule has 0 N–H and O–H groups in total. The van der Waals surface area contributed by atoms with Crippen molar-refractivity contribution in [3.05, 3.63) is 194 Å². The van der Waals surface area contributed by atoms with Crippen LogP contribution >= 0.6 is 15.8 Å². The van der Waals surface area contributed by atoms with E-state index in [2.05, 4.69) is 194 Å². The third-order valence-corrected chi connectivity index (χ3v) is 13.6. The molecule has 0 fully saturated rings. The first-order chi connectivity index (χ1) is 22.9. The van der Waals surface area contributed by atoms with Crippen molar-refractivity contribution in [2.24, 2.45) is 0 Å². The van der Waals surface area contributed by atoms with Gasteiger partial charge in [-0.05, 0) is 80.3 Å². The summed E-state index contributed by atoms with van der Waals surface area (Å²) in [5.74, 6) is 0. The number of benzene rings is 8. The molecule has 1 radical (unpaired) electrons. The van der Waals surface area contributed by atoms with Crippen LogP contribution in [0.3, 0.4) is 0 Å². The van der Waals surface area contributed by atoms with Gasteiger partial charge < -0.3 is 0 Å². The average Bonchev–Trinajstić information content (AvgIpc) is 3.14. The predicted octanol–water partition coefficient (Wildman–Crippen LogP) is 9.17. The zero-order valence-electron chi connectivity index (χ0n) is 25.7. The van der Waals surface area contributed by atoms with Gasteiger partial charge in [0.2, 0.25) is 0 Å². The van der Waals surface area contributed by atoms with Crippen LogP contribution in [0.5, 0.6) is 0 Å². The molecule has 8 aromatic rings. The summed E-state index contributed by atoms with van der Waals surface area (Å²) in [6.07, 6.45) is 0. The Morgan fingerprint density at radius 2 is 0.532 bits per heavy atom. The molecular formula is C44H32P2Ru+. The monoisotopic (exact) mass is 724 g/mol. The second-order valence-corrected chi connectivity index (χ2v) is 15.7. The summed E-state index contributed by atoms with van der Waals surface area (Å²) in [5.41, 5.74) is 2.70. The van der Waals surface area contributed by atoms with E-state index in [4.69, 9.17) is 0 Å². The number of hydrogen-bond acceptors (Lipinski definition) is 0. The van der Waals surface area contributed by atoms with Gasteiger partial charge in [-0.1, -0.05) is 194 Å². The summed E-state index contributed by atoms with van der Waals surface area (Å²) in [6.45, 7) is 0. The molecule has 47 heavy (non-hydrogen) atoms. The van der Waals surface area contributed by atoms with Gasteiger partial charge in [-0.2, -0.15) is 0 Å². The first-order valence-electron chi connectivity index (χ1n) is 15.7. The Hall–Kier alpha value is -4.24. The van der Waals surface area contributed by atoms with Crippen LogP contribution in [0.4, 0.5) is 0 Å². The maximum absolute atomic E-state index is 2.42. The quantitative estimate of drug-likeness (QED) is 0.114. The zero-order chi connectivity index (χ0) is 30.7. The number of hydrogen-bond donors (Lipinski definition) is 0. The summed E-state index contributed by atoms with van der Waals surface area (Å²) in [7, 11) is -1.70. The van der Waals surface area contributed by atoms with Crippen molar-refractivity contribution in [1.82, 2.24) is 0 Å². The summed E-state index contributed by atoms with van der Waals surface area (Å²) in [6, 6.07) is 71.8. The van der Waals surface area contributed by atoms with Crippen LogP contribution in [0.1, 0.15) is 0 Å². The van der Waals surface area contributed by atoms with Gasteiger partial charge in [-0.3, -0.25) is 0 Å². The minimum Gasteiger partial charge on any atom is -0.0622 e. The van der Waals surface area contributed by atoms with Crippen molar-refractivity contribution in [3.63, 3.8) is 0 Å². The maximum atomic E-state index is 2.42. The molecule has 0 amide bonds. The van der Waals surface area contributed by atoms with Gasteiger partial charge in [0.1, 0.15) is 0 Å². The normalized spacial score (nSPS) is 11.2. The van der Waals surface area contributed by atoms with Gasteiger partial charge in [-0.15, -0.1) is 0 Å². The van der Waals surface area contributed by atoms with E-state index < -0.39 is 15.8 Å². The molecule has 0 spiro atoms. The Balaban J connectivity index is 0.00000351. The Morgan fingerprint density at radius 1 is 0.255 bits per heavy atom. The molecular weight excluding hydrogens is 692 g/mol. The van der Waals surface area contributed by atoms with E-state index in [-0.39, 0.29) is 19.5 Å². The molecule has 8 rings (SSSR count). The Bertz CT molecular complexity index is 2010. The van der Waals surface area contributed by atoms with Crippen molar-refractivity contribution >= 4 is 69.2 Å². The Kier molecular flexibility index (Phi) is 9.52. The van der Waals surface area contributed by atoms with Crippen molar-refractivity contribution in [2.45, 2.75) is 0 Å². The van der Waals surface area contributed by atoms with Gasteiger partial charge in [0.25, 0.3) is 0 Å². The van der Waals surface area contributed by atoms with Crippen LogP contribution < -0.4 is 31.8 Å². The van der Waals surface area contributed by atoms with Crippen LogP contribution in [0, 0.1) is 0 Å². The number of rotatable bonds is 7. The molecule has 0 aliphatic heterocycles. The summed E-state index contributed by atoms with van der Waals surface area (Å²) in [5, 5.41) is 13.3. The molecule has 8 aromatic carbocycles. The minimum absolute atomic E-state index is 0. The largest absolute Gasteiger partial charge is 1.00 e. The average molecular weight is 724 g/mol. The van der Waals surface area contributed by atoms with E-state index in [1.54, 1.807) is 0 Å². The third-order valence-electron chi connectivity index (χ3n) is 8.60. The molecule has 0 saturated carbocycles. The molecule has 0 aliphatic rings. The van der Waals surface area contributed by atoms with Gasteiger partial charge in [0.15, 0.2) is 0 Å². The maximum Gasteiger partial charge on any atom is 1.00 e. The van der Waals surface area contributed by atoms with E-state index in [0.29, 0.717) is 0 Å². The number of fused-ring (bicyclic) bond motifs is 2. The zero-order valence-corrected chi connectivity index (χ0v) is 29.3. The molecule has 0 unspecified atom stereocenters. The van der Waals surface area contributed by atoms with E-state index >= 15 is 0 Å². The standard InChI is InChI=1S/C44H32P2.Ru/c1-5-19-35(20-6-1)45(36-21-7-2-8-22-36)41-31-29-33-17-13-15-27-39(33)43(41)44-40-28-16-14-18-34(40)30-32-42(44)46(37-23-9-3-10-24-37)38-25-11-4-12-26-38;/h1-32H;/q;+1. The van der Waals surface area contributed by atoms with Gasteiger partial charge in [-0.25, -0.2) is 0 Å².